The lowest BCUT2D eigenvalue weighted by Gasteiger charge is -2.39. The molecule has 0 bridgehead atoms. The molecule has 5 nitrogen and oxygen atoms in total. The summed E-state index contributed by atoms with van der Waals surface area (Å²) in [6.45, 7) is 4.59. The normalized spacial score (nSPS) is 17.4. The highest BCUT2D eigenvalue weighted by Crippen LogP contribution is 2.31. The van der Waals surface area contributed by atoms with Crippen molar-refractivity contribution >= 4 is 29.1 Å². The Morgan fingerprint density at radius 3 is 2.50 bits per heavy atom. The molecule has 136 valence electrons. The Morgan fingerprint density at radius 2 is 1.85 bits per heavy atom. The van der Waals surface area contributed by atoms with Gasteiger partial charge in [-0.05, 0) is 55.8 Å². The molecule has 2 aromatic rings. The van der Waals surface area contributed by atoms with Crippen LogP contribution in [-0.4, -0.2) is 43.0 Å². The van der Waals surface area contributed by atoms with Gasteiger partial charge in [0.25, 0.3) is 5.91 Å². The van der Waals surface area contributed by atoms with E-state index in [-0.39, 0.29) is 11.8 Å². The van der Waals surface area contributed by atoms with Crippen LogP contribution in [0.25, 0.3) is 0 Å². The quantitative estimate of drug-likeness (QED) is 0.828. The molecule has 6 heteroatoms. The van der Waals surface area contributed by atoms with Crippen molar-refractivity contribution in [3.8, 4) is 5.75 Å². The summed E-state index contributed by atoms with van der Waals surface area (Å²) in [6, 6.07) is 11.9. The Morgan fingerprint density at radius 1 is 1.15 bits per heavy atom. The minimum absolute atomic E-state index is 0.123. The first-order valence-electron chi connectivity index (χ1n) is 8.45. The number of benzene rings is 2. The maximum Gasteiger partial charge on any atom is 0.254 e. The number of piperazine rings is 1. The summed E-state index contributed by atoms with van der Waals surface area (Å²) in [5.74, 6) is 0.356. The molecule has 1 fully saturated rings. The van der Waals surface area contributed by atoms with Crippen molar-refractivity contribution < 1.29 is 14.3 Å². The second-order valence-electron chi connectivity index (χ2n) is 6.35. The zero-order valence-electron chi connectivity index (χ0n) is 15.0. The number of hydrogen-bond donors (Lipinski definition) is 0. The summed E-state index contributed by atoms with van der Waals surface area (Å²) in [5, 5.41) is 0.571. The molecule has 1 atom stereocenters. The standard InChI is InChI=1S/C20H21ClN2O3/c1-13-4-9-18(26-3)17(12-13)23-11-10-22(14(2)19(23)24)20(25)15-5-7-16(21)8-6-15/h4-9,12,14H,10-11H2,1-3H3. The summed E-state index contributed by atoms with van der Waals surface area (Å²) < 4.78 is 5.41. The van der Waals surface area contributed by atoms with Crippen molar-refractivity contribution in [2.24, 2.45) is 0 Å². The van der Waals surface area contributed by atoms with Crippen molar-refractivity contribution in [3.05, 3.63) is 58.6 Å². The van der Waals surface area contributed by atoms with Gasteiger partial charge in [0.15, 0.2) is 0 Å². The largest absolute Gasteiger partial charge is 0.495 e. The number of hydrogen-bond acceptors (Lipinski definition) is 3. The van der Waals surface area contributed by atoms with Crippen LogP contribution in [-0.2, 0) is 4.79 Å². The summed E-state index contributed by atoms with van der Waals surface area (Å²) in [4.78, 5) is 29.0. The summed E-state index contributed by atoms with van der Waals surface area (Å²) in [7, 11) is 1.59. The van der Waals surface area contributed by atoms with Gasteiger partial charge in [-0.3, -0.25) is 9.59 Å². The molecule has 0 N–H and O–H groups in total. The number of methoxy groups -OCH3 is 1. The third kappa shape index (κ3) is 3.40. The minimum atomic E-state index is -0.558. The number of aryl methyl sites for hydroxylation is 1. The zero-order valence-corrected chi connectivity index (χ0v) is 15.8. The average molecular weight is 373 g/mol. The van der Waals surface area contributed by atoms with Crippen LogP contribution >= 0.6 is 11.6 Å². The maximum absolute atomic E-state index is 13.0. The van der Waals surface area contributed by atoms with Gasteiger partial charge in [0.05, 0.1) is 12.8 Å². The molecule has 0 radical (unpaired) electrons. The topological polar surface area (TPSA) is 49.9 Å². The Kier molecular flexibility index (Phi) is 5.18. The highest BCUT2D eigenvalue weighted by molar-refractivity contribution is 6.30. The molecule has 1 saturated heterocycles. The van der Waals surface area contributed by atoms with E-state index in [1.54, 1.807) is 48.1 Å². The summed E-state index contributed by atoms with van der Waals surface area (Å²) in [6.07, 6.45) is 0. The van der Waals surface area contributed by atoms with Crippen LogP contribution in [0.5, 0.6) is 5.75 Å². The molecule has 1 unspecified atom stereocenters. The summed E-state index contributed by atoms with van der Waals surface area (Å²) >= 11 is 5.88. The fourth-order valence-corrected chi connectivity index (χ4v) is 3.28. The molecule has 0 aliphatic carbocycles. The molecular formula is C20H21ClN2O3. The first-order valence-corrected chi connectivity index (χ1v) is 8.82. The predicted octanol–water partition coefficient (Wildman–Crippen LogP) is 3.53. The van der Waals surface area contributed by atoms with Crippen LogP contribution in [0.4, 0.5) is 5.69 Å². The Hall–Kier alpha value is -2.53. The molecule has 2 aromatic carbocycles. The molecule has 3 rings (SSSR count). The molecular weight excluding hydrogens is 352 g/mol. The van der Waals surface area contributed by atoms with Crippen molar-refractivity contribution in [3.63, 3.8) is 0 Å². The lowest BCUT2D eigenvalue weighted by Crippen LogP contribution is -2.57. The van der Waals surface area contributed by atoms with E-state index >= 15 is 0 Å². The van der Waals surface area contributed by atoms with E-state index in [9.17, 15) is 9.59 Å². The second kappa shape index (κ2) is 7.38. The smallest absolute Gasteiger partial charge is 0.254 e. The van der Waals surface area contributed by atoms with Crippen LogP contribution in [0.2, 0.25) is 5.02 Å². The van der Waals surface area contributed by atoms with E-state index in [0.717, 1.165) is 11.3 Å². The van der Waals surface area contributed by atoms with E-state index in [1.165, 1.54) is 0 Å². The Balaban J connectivity index is 1.84. The number of ether oxygens (including phenoxy) is 1. The molecule has 1 aliphatic rings. The first-order chi connectivity index (χ1) is 12.4. The van der Waals surface area contributed by atoms with Crippen LogP contribution in [0.3, 0.4) is 0 Å². The van der Waals surface area contributed by atoms with Gasteiger partial charge in [0.1, 0.15) is 11.8 Å². The van der Waals surface area contributed by atoms with Gasteiger partial charge in [-0.25, -0.2) is 0 Å². The molecule has 1 heterocycles. The molecule has 1 aliphatic heterocycles. The van der Waals surface area contributed by atoms with Crippen LogP contribution < -0.4 is 9.64 Å². The monoisotopic (exact) mass is 372 g/mol. The van der Waals surface area contributed by atoms with Gasteiger partial charge < -0.3 is 14.5 Å². The number of nitrogens with zero attached hydrogens (tertiary/aromatic N) is 2. The average Bonchev–Trinajstić information content (AvgIpc) is 2.64. The number of rotatable bonds is 3. The van der Waals surface area contributed by atoms with Gasteiger partial charge in [0.2, 0.25) is 5.91 Å². The molecule has 0 aromatic heterocycles. The van der Waals surface area contributed by atoms with E-state index in [1.807, 2.05) is 25.1 Å². The minimum Gasteiger partial charge on any atom is -0.495 e. The van der Waals surface area contributed by atoms with E-state index in [2.05, 4.69) is 0 Å². The molecule has 2 amide bonds. The van der Waals surface area contributed by atoms with Gasteiger partial charge in [-0.15, -0.1) is 0 Å². The zero-order chi connectivity index (χ0) is 18.8. The van der Waals surface area contributed by atoms with Gasteiger partial charge >= 0.3 is 0 Å². The SMILES string of the molecule is COc1ccc(C)cc1N1CCN(C(=O)c2ccc(Cl)cc2)C(C)C1=O. The van der Waals surface area contributed by atoms with Crippen LogP contribution in [0.15, 0.2) is 42.5 Å². The van der Waals surface area contributed by atoms with Crippen molar-refractivity contribution in [2.75, 3.05) is 25.1 Å². The van der Waals surface area contributed by atoms with E-state index in [4.69, 9.17) is 16.3 Å². The number of halogens is 1. The first kappa shape index (κ1) is 18.3. The highest BCUT2D eigenvalue weighted by Gasteiger charge is 2.36. The van der Waals surface area contributed by atoms with E-state index < -0.39 is 6.04 Å². The third-order valence-corrected chi connectivity index (χ3v) is 4.88. The number of amides is 2. The van der Waals surface area contributed by atoms with Crippen molar-refractivity contribution in [2.45, 2.75) is 19.9 Å². The fraction of sp³-hybridized carbons (Fsp3) is 0.300. The number of carbonyl (C=O) groups is 2. The van der Waals surface area contributed by atoms with Crippen molar-refractivity contribution in [1.82, 2.24) is 4.90 Å². The summed E-state index contributed by atoms with van der Waals surface area (Å²) in [5.41, 5.74) is 2.31. The van der Waals surface area contributed by atoms with Gasteiger partial charge in [-0.2, -0.15) is 0 Å². The Labute approximate surface area is 158 Å². The number of carbonyl (C=O) groups excluding carboxylic acids is 2. The second-order valence-corrected chi connectivity index (χ2v) is 6.78. The van der Waals surface area contributed by atoms with Crippen LogP contribution in [0.1, 0.15) is 22.8 Å². The Bertz CT molecular complexity index is 835. The molecule has 0 spiro atoms. The highest BCUT2D eigenvalue weighted by atomic mass is 35.5. The lowest BCUT2D eigenvalue weighted by atomic mass is 10.1. The predicted molar refractivity (Wildman–Crippen MR) is 102 cm³/mol. The van der Waals surface area contributed by atoms with Gasteiger partial charge in [0, 0.05) is 23.7 Å². The third-order valence-electron chi connectivity index (χ3n) is 4.63. The van der Waals surface area contributed by atoms with E-state index in [0.29, 0.717) is 29.4 Å². The lowest BCUT2D eigenvalue weighted by molar-refractivity contribution is -0.124. The molecule has 26 heavy (non-hydrogen) atoms. The van der Waals surface area contributed by atoms with Crippen molar-refractivity contribution in [1.29, 1.82) is 0 Å². The number of anilines is 1. The maximum atomic E-state index is 13.0. The fourth-order valence-electron chi connectivity index (χ4n) is 3.16. The molecule has 0 saturated carbocycles. The van der Waals surface area contributed by atoms with Gasteiger partial charge in [-0.1, -0.05) is 17.7 Å². The van der Waals surface area contributed by atoms with Crippen LogP contribution in [0, 0.1) is 6.92 Å².